The lowest BCUT2D eigenvalue weighted by Crippen LogP contribution is -2.33. The van der Waals surface area contributed by atoms with E-state index in [2.05, 4.69) is 0 Å². The Labute approximate surface area is 199 Å². The number of benzene rings is 3. The SMILES string of the molecule is CC(c1ccccc1)N(C)C(=O)COC(=O)c1cccc(S(=O)(=O)N2CCc3ccccc32)c1. The molecule has 1 amide bonds. The van der Waals surface area contributed by atoms with E-state index in [0.29, 0.717) is 18.7 Å². The predicted octanol–water partition coefficient (Wildman–Crippen LogP) is 3.81. The molecule has 1 aliphatic heterocycles. The number of fused-ring (bicyclic) bond motifs is 1. The molecule has 1 aliphatic rings. The topological polar surface area (TPSA) is 84.0 Å². The van der Waals surface area contributed by atoms with Gasteiger partial charge in [0.25, 0.3) is 15.9 Å². The summed E-state index contributed by atoms with van der Waals surface area (Å²) in [6, 6.07) is 22.4. The van der Waals surface area contributed by atoms with Crippen molar-refractivity contribution in [1.29, 1.82) is 0 Å². The van der Waals surface area contributed by atoms with Crippen LogP contribution in [0, 0.1) is 0 Å². The molecule has 3 aromatic carbocycles. The summed E-state index contributed by atoms with van der Waals surface area (Å²) in [4.78, 5) is 26.7. The van der Waals surface area contributed by atoms with Gasteiger partial charge in [-0.25, -0.2) is 13.2 Å². The molecule has 7 nitrogen and oxygen atoms in total. The zero-order chi connectivity index (χ0) is 24.3. The summed E-state index contributed by atoms with van der Waals surface area (Å²) < 4.78 is 33.1. The minimum atomic E-state index is -3.84. The number of amides is 1. The highest BCUT2D eigenvalue weighted by Crippen LogP contribution is 2.32. The van der Waals surface area contributed by atoms with Crippen LogP contribution in [0.25, 0.3) is 0 Å². The first kappa shape index (κ1) is 23.5. The monoisotopic (exact) mass is 478 g/mol. The lowest BCUT2D eigenvalue weighted by atomic mass is 10.1. The maximum Gasteiger partial charge on any atom is 0.338 e. The van der Waals surface area contributed by atoms with Gasteiger partial charge in [0.1, 0.15) is 0 Å². The highest BCUT2D eigenvalue weighted by Gasteiger charge is 2.31. The van der Waals surface area contributed by atoms with Gasteiger partial charge in [-0.1, -0.05) is 54.6 Å². The van der Waals surface area contributed by atoms with Crippen LogP contribution in [0.4, 0.5) is 5.69 Å². The Balaban J connectivity index is 1.44. The molecule has 1 unspecified atom stereocenters. The molecule has 0 aliphatic carbocycles. The number of esters is 1. The van der Waals surface area contributed by atoms with E-state index in [1.54, 1.807) is 19.2 Å². The fraction of sp³-hybridized carbons (Fsp3) is 0.231. The Bertz CT molecular complexity index is 1310. The fourth-order valence-corrected chi connectivity index (χ4v) is 5.50. The Morgan fingerprint density at radius 2 is 1.71 bits per heavy atom. The first-order valence-electron chi connectivity index (χ1n) is 11.0. The van der Waals surface area contributed by atoms with Crippen molar-refractivity contribution in [2.75, 3.05) is 24.5 Å². The van der Waals surface area contributed by atoms with Gasteiger partial charge in [-0.3, -0.25) is 9.10 Å². The molecule has 0 aromatic heterocycles. The van der Waals surface area contributed by atoms with Crippen LogP contribution >= 0.6 is 0 Å². The molecule has 0 spiro atoms. The highest BCUT2D eigenvalue weighted by molar-refractivity contribution is 7.92. The lowest BCUT2D eigenvalue weighted by molar-refractivity contribution is -0.135. The summed E-state index contributed by atoms with van der Waals surface area (Å²) >= 11 is 0. The number of para-hydroxylation sites is 1. The second kappa shape index (κ2) is 9.69. The molecule has 4 rings (SSSR count). The molecule has 34 heavy (non-hydrogen) atoms. The van der Waals surface area contributed by atoms with Crippen molar-refractivity contribution in [1.82, 2.24) is 4.90 Å². The molecule has 0 N–H and O–H groups in total. The van der Waals surface area contributed by atoms with Crippen LogP contribution in [0.15, 0.2) is 83.8 Å². The summed E-state index contributed by atoms with van der Waals surface area (Å²) in [6.07, 6.45) is 0.633. The maximum atomic E-state index is 13.3. The average Bonchev–Trinajstić information content (AvgIpc) is 3.32. The molecule has 0 bridgehead atoms. The number of anilines is 1. The quantitative estimate of drug-likeness (QED) is 0.482. The lowest BCUT2D eigenvalue weighted by Gasteiger charge is -2.25. The fourth-order valence-electron chi connectivity index (χ4n) is 3.95. The molecular formula is C26H26N2O5S. The van der Waals surface area contributed by atoms with Crippen molar-refractivity contribution in [3.8, 4) is 0 Å². The Hall–Kier alpha value is -3.65. The van der Waals surface area contributed by atoms with Gasteiger partial charge >= 0.3 is 5.97 Å². The van der Waals surface area contributed by atoms with Crippen molar-refractivity contribution in [3.63, 3.8) is 0 Å². The number of nitrogens with zero attached hydrogens (tertiary/aromatic N) is 2. The van der Waals surface area contributed by atoms with Crippen LogP contribution in [0.5, 0.6) is 0 Å². The van der Waals surface area contributed by atoms with Gasteiger partial charge in [0.15, 0.2) is 6.61 Å². The van der Waals surface area contributed by atoms with E-state index >= 15 is 0 Å². The Kier molecular flexibility index (Phi) is 6.70. The maximum absolute atomic E-state index is 13.3. The van der Waals surface area contributed by atoms with Crippen molar-refractivity contribution in [2.45, 2.75) is 24.3 Å². The number of carbonyl (C=O) groups is 2. The van der Waals surface area contributed by atoms with Gasteiger partial charge in [-0.15, -0.1) is 0 Å². The molecule has 0 fully saturated rings. The summed E-state index contributed by atoms with van der Waals surface area (Å²) in [5, 5.41) is 0. The molecule has 176 valence electrons. The predicted molar refractivity (Wildman–Crippen MR) is 129 cm³/mol. The summed E-state index contributed by atoms with van der Waals surface area (Å²) in [5.41, 5.74) is 2.65. The van der Waals surface area contributed by atoms with Gasteiger partial charge in [-0.05, 0) is 48.7 Å². The number of carbonyl (C=O) groups excluding carboxylic acids is 2. The van der Waals surface area contributed by atoms with Gasteiger partial charge in [0.05, 0.1) is 22.2 Å². The number of hydrogen-bond donors (Lipinski definition) is 0. The number of sulfonamides is 1. The molecule has 0 saturated heterocycles. The first-order chi connectivity index (χ1) is 16.3. The Morgan fingerprint density at radius 3 is 2.47 bits per heavy atom. The number of rotatable bonds is 7. The van der Waals surface area contributed by atoms with Crippen LogP contribution in [0.3, 0.4) is 0 Å². The van der Waals surface area contributed by atoms with Crippen molar-refractivity contribution in [2.24, 2.45) is 0 Å². The van der Waals surface area contributed by atoms with Gasteiger partial charge in [-0.2, -0.15) is 0 Å². The Morgan fingerprint density at radius 1 is 1.00 bits per heavy atom. The van der Waals surface area contributed by atoms with Crippen LogP contribution < -0.4 is 4.31 Å². The van der Waals surface area contributed by atoms with Crippen LogP contribution in [-0.2, 0) is 26.0 Å². The zero-order valence-corrected chi connectivity index (χ0v) is 19.9. The third-order valence-electron chi connectivity index (χ3n) is 6.09. The van der Waals surface area contributed by atoms with Crippen molar-refractivity contribution in [3.05, 3.63) is 95.6 Å². The van der Waals surface area contributed by atoms with Gasteiger partial charge in [0, 0.05) is 13.6 Å². The molecule has 0 radical (unpaired) electrons. The highest BCUT2D eigenvalue weighted by atomic mass is 32.2. The summed E-state index contributed by atoms with van der Waals surface area (Å²) in [6.45, 7) is 1.79. The van der Waals surface area contributed by atoms with E-state index in [9.17, 15) is 18.0 Å². The summed E-state index contributed by atoms with van der Waals surface area (Å²) in [5.74, 6) is -1.12. The first-order valence-corrected chi connectivity index (χ1v) is 12.4. The van der Waals surface area contributed by atoms with Gasteiger partial charge in [0.2, 0.25) is 0 Å². The molecule has 3 aromatic rings. The number of likely N-dealkylation sites (N-methyl/N-ethyl adjacent to an activating group) is 1. The van der Waals surface area contributed by atoms with E-state index < -0.39 is 22.6 Å². The number of hydrogen-bond acceptors (Lipinski definition) is 5. The molecule has 8 heteroatoms. The number of ether oxygens (including phenoxy) is 1. The van der Waals surface area contributed by atoms with E-state index in [-0.39, 0.29) is 22.4 Å². The molecular weight excluding hydrogens is 452 g/mol. The van der Waals surface area contributed by atoms with Crippen molar-refractivity contribution >= 4 is 27.6 Å². The van der Waals surface area contributed by atoms with E-state index in [4.69, 9.17) is 4.74 Å². The average molecular weight is 479 g/mol. The standard InChI is InChI=1S/C26H26N2O5S/c1-19(20-9-4-3-5-10-20)27(2)25(29)18-33-26(30)22-12-8-13-23(17-22)34(31,32)28-16-15-21-11-6-7-14-24(21)28/h3-14,17,19H,15-16,18H2,1-2H3. The largest absolute Gasteiger partial charge is 0.452 e. The van der Waals surface area contributed by atoms with Crippen molar-refractivity contribution < 1.29 is 22.7 Å². The van der Waals surface area contributed by atoms with E-state index in [0.717, 1.165) is 11.1 Å². The van der Waals surface area contributed by atoms with Crippen LogP contribution in [0.2, 0.25) is 0 Å². The second-order valence-corrected chi connectivity index (χ2v) is 10.0. The third kappa shape index (κ3) is 4.68. The minimum absolute atomic E-state index is 0.000188. The second-order valence-electron chi connectivity index (χ2n) is 8.15. The van der Waals surface area contributed by atoms with E-state index in [1.165, 1.54) is 33.5 Å². The minimum Gasteiger partial charge on any atom is -0.452 e. The third-order valence-corrected chi connectivity index (χ3v) is 7.89. The van der Waals surface area contributed by atoms with Crippen LogP contribution in [-0.4, -0.2) is 45.4 Å². The smallest absolute Gasteiger partial charge is 0.338 e. The van der Waals surface area contributed by atoms with Gasteiger partial charge < -0.3 is 9.64 Å². The zero-order valence-electron chi connectivity index (χ0n) is 19.0. The summed E-state index contributed by atoms with van der Waals surface area (Å²) in [7, 11) is -2.20. The normalized spacial score (nSPS) is 13.8. The molecule has 1 atom stereocenters. The molecule has 1 heterocycles. The van der Waals surface area contributed by atoms with E-state index in [1.807, 2.05) is 49.4 Å². The molecule has 0 saturated carbocycles. The van der Waals surface area contributed by atoms with Crippen LogP contribution in [0.1, 0.15) is 34.5 Å².